The smallest absolute Gasteiger partial charge is 0.343 e. The predicted molar refractivity (Wildman–Crippen MR) is 71.1 cm³/mol. The number of aromatic nitrogens is 4. The highest BCUT2D eigenvalue weighted by Gasteiger charge is 2.13. The highest BCUT2D eigenvalue weighted by atomic mass is 32.2. The molecule has 0 spiro atoms. The average Bonchev–Trinajstić information content (AvgIpc) is 2.92. The number of H-pyrrole nitrogens is 1. The van der Waals surface area contributed by atoms with Crippen molar-refractivity contribution >= 4 is 28.5 Å². The van der Waals surface area contributed by atoms with Gasteiger partial charge in [-0.3, -0.25) is 4.57 Å². The largest absolute Gasteiger partial charge is 0.431 e. The van der Waals surface area contributed by atoms with E-state index in [0.717, 1.165) is 0 Å². The van der Waals surface area contributed by atoms with E-state index in [1.54, 1.807) is 18.2 Å². The Kier molecular flexibility index (Phi) is 2.79. The zero-order chi connectivity index (χ0) is 13.4. The highest BCUT2D eigenvalue weighted by molar-refractivity contribution is 7.99. The molecule has 19 heavy (non-hydrogen) atoms. The number of oxazole rings is 1. The van der Waals surface area contributed by atoms with Crippen LogP contribution in [-0.4, -0.2) is 19.7 Å². The van der Waals surface area contributed by atoms with Gasteiger partial charge in [0.1, 0.15) is 5.52 Å². The quantitative estimate of drug-likeness (QED) is 0.703. The minimum Gasteiger partial charge on any atom is -0.431 e. The Bertz CT molecular complexity index is 788. The number of hydrogen-bond donors (Lipinski definition) is 2. The van der Waals surface area contributed by atoms with Crippen LogP contribution in [0, 0.1) is 0 Å². The second-order valence-corrected chi connectivity index (χ2v) is 4.78. The summed E-state index contributed by atoms with van der Waals surface area (Å²) in [6.45, 7) is 2.40. The van der Waals surface area contributed by atoms with Gasteiger partial charge in [0.2, 0.25) is 5.16 Å². The average molecular weight is 277 g/mol. The third-order valence-corrected chi connectivity index (χ3v) is 3.45. The van der Waals surface area contributed by atoms with Crippen LogP contribution < -0.4 is 11.4 Å². The molecule has 7 nitrogen and oxygen atoms in total. The standard InChI is InChI=1S/C11H11N5O2S/c1-2-16-9(17)14-15-10(16)19-11-13-7-5-6(12)3-4-8(7)18-11/h3-5H,2,12H2,1H3,(H,14,17). The van der Waals surface area contributed by atoms with Gasteiger partial charge in [-0.1, -0.05) is 0 Å². The van der Waals surface area contributed by atoms with Crippen molar-refractivity contribution in [2.45, 2.75) is 23.8 Å². The van der Waals surface area contributed by atoms with E-state index in [9.17, 15) is 4.79 Å². The van der Waals surface area contributed by atoms with Gasteiger partial charge in [0.25, 0.3) is 5.22 Å². The topological polar surface area (TPSA) is 103 Å². The number of nitrogen functional groups attached to an aromatic ring is 1. The van der Waals surface area contributed by atoms with E-state index in [1.165, 1.54) is 16.3 Å². The second-order valence-electron chi connectivity index (χ2n) is 3.86. The fraction of sp³-hybridized carbons (Fsp3) is 0.182. The zero-order valence-electron chi connectivity index (χ0n) is 10.1. The molecule has 3 rings (SSSR count). The van der Waals surface area contributed by atoms with Crippen LogP contribution >= 0.6 is 11.8 Å². The van der Waals surface area contributed by atoms with Crippen LogP contribution in [-0.2, 0) is 6.54 Å². The summed E-state index contributed by atoms with van der Waals surface area (Å²) in [5.41, 5.74) is 7.40. The Balaban J connectivity index is 1.98. The molecule has 0 fully saturated rings. The fourth-order valence-corrected chi connectivity index (χ4v) is 2.55. The molecule has 0 bridgehead atoms. The Morgan fingerprint density at radius 3 is 3.16 bits per heavy atom. The third kappa shape index (κ3) is 2.10. The number of nitrogens with zero attached hydrogens (tertiary/aromatic N) is 3. The molecular weight excluding hydrogens is 266 g/mol. The lowest BCUT2D eigenvalue weighted by molar-refractivity contribution is 0.487. The van der Waals surface area contributed by atoms with Gasteiger partial charge in [-0.25, -0.2) is 14.9 Å². The van der Waals surface area contributed by atoms with Gasteiger partial charge in [0.05, 0.1) is 0 Å². The summed E-state index contributed by atoms with van der Waals surface area (Å²) in [6, 6.07) is 5.25. The normalized spacial score (nSPS) is 11.2. The molecule has 0 atom stereocenters. The third-order valence-electron chi connectivity index (χ3n) is 2.61. The molecule has 98 valence electrons. The van der Waals surface area contributed by atoms with Crippen LogP contribution in [0.4, 0.5) is 5.69 Å². The number of rotatable bonds is 3. The summed E-state index contributed by atoms with van der Waals surface area (Å²) in [4.78, 5) is 15.7. The van der Waals surface area contributed by atoms with Crippen LogP contribution in [0.2, 0.25) is 0 Å². The molecule has 0 saturated carbocycles. The van der Waals surface area contributed by atoms with E-state index in [1.807, 2.05) is 6.92 Å². The lowest BCUT2D eigenvalue weighted by Gasteiger charge is -1.97. The van der Waals surface area contributed by atoms with E-state index in [2.05, 4.69) is 15.2 Å². The first-order chi connectivity index (χ1) is 9.17. The fourth-order valence-electron chi connectivity index (χ4n) is 1.71. The number of nitrogens with two attached hydrogens (primary N) is 1. The number of nitrogens with one attached hydrogen (secondary N) is 1. The molecule has 0 aliphatic rings. The molecule has 0 aliphatic heterocycles. The van der Waals surface area contributed by atoms with Crippen molar-refractivity contribution in [3.05, 3.63) is 28.7 Å². The van der Waals surface area contributed by atoms with Gasteiger partial charge in [-0.15, -0.1) is 5.10 Å². The SMILES string of the molecule is CCn1c(Sc2nc3cc(N)ccc3o2)n[nH]c1=O. The number of benzene rings is 1. The molecule has 1 aromatic carbocycles. The Hall–Kier alpha value is -2.22. The molecule has 3 aromatic rings. The maximum atomic E-state index is 11.4. The maximum absolute atomic E-state index is 11.4. The lowest BCUT2D eigenvalue weighted by atomic mass is 10.3. The second kappa shape index (κ2) is 4.47. The molecule has 0 unspecified atom stereocenters. The molecule has 0 saturated heterocycles. The number of aromatic amines is 1. The van der Waals surface area contributed by atoms with Crippen molar-refractivity contribution in [1.82, 2.24) is 19.7 Å². The van der Waals surface area contributed by atoms with Gasteiger partial charge in [-0.05, 0) is 25.1 Å². The number of hydrogen-bond acceptors (Lipinski definition) is 6. The van der Waals surface area contributed by atoms with Crippen molar-refractivity contribution < 1.29 is 4.42 Å². The summed E-state index contributed by atoms with van der Waals surface area (Å²) in [7, 11) is 0. The molecule has 2 aromatic heterocycles. The van der Waals surface area contributed by atoms with E-state index in [0.29, 0.717) is 33.7 Å². The van der Waals surface area contributed by atoms with Gasteiger partial charge >= 0.3 is 5.69 Å². The van der Waals surface area contributed by atoms with Crippen molar-refractivity contribution in [2.75, 3.05) is 5.73 Å². The Morgan fingerprint density at radius 1 is 1.53 bits per heavy atom. The summed E-state index contributed by atoms with van der Waals surface area (Å²) < 4.78 is 7.07. The summed E-state index contributed by atoms with van der Waals surface area (Å²) in [5, 5.41) is 7.28. The van der Waals surface area contributed by atoms with Crippen LogP contribution in [0.25, 0.3) is 11.1 Å². The Labute approximate surface area is 111 Å². The van der Waals surface area contributed by atoms with Crippen LogP contribution in [0.15, 0.2) is 37.8 Å². The summed E-state index contributed by atoms with van der Waals surface area (Å²) in [6.07, 6.45) is 0. The lowest BCUT2D eigenvalue weighted by Crippen LogP contribution is -2.15. The minimum absolute atomic E-state index is 0.245. The van der Waals surface area contributed by atoms with E-state index >= 15 is 0 Å². The first-order valence-electron chi connectivity index (χ1n) is 5.66. The number of anilines is 1. The molecule has 8 heteroatoms. The minimum atomic E-state index is -0.245. The summed E-state index contributed by atoms with van der Waals surface area (Å²) >= 11 is 1.19. The van der Waals surface area contributed by atoms with Crippen LogP contribution in [0.3, 0.4) is 0 Å². The van der Waals surface area contributed by atoms with Gasteiger partial charge in [0.15, 0.2) is 5.58 Å². The molecular formula is C11H11N5O2S. The number of fused-ring (bicyclic) bond motifs is 1. The van der Waals surface area contributed by atoms with Crippen LogP contribution in [0.5, 0.6) is 0 Å². The van der Waals surface area contributed by atoms with E-state index in [4.69, 9.17) is 10.2 Å². The predicted octanol–water partition coefficient (Wildman–Crippen LogP) is 1.47. The van der Waals surface area contributed by atoms with Crippen molar-refractivity contribution in [2.24, 2.45) is 0 Å². The van der Waals surface area contributed by atoms with Crippen molar-refractivity contribution in [3.8, 4) is 0 Å². The van der Waals surface area contributed by atoms with Crippen molar-refractivity contribution in [3.63, 3.8) is 0 Å². The van der Waals surface area contributed by atoms with Gasteiger partial charge in [-0.2, -0.15) is 0 Å². The highest BCUT2D eigenvalue weighted by Crippen LogP contribution is 2.28. The van der Waals surface area contributed by atoms with Gasteiger partial charge in [0, 0.05) is 24.0 Å². The van der Waals surface area contributed by atoms with E-state index in [-0.39, 0.29) is 5.69 Å². The first kappa shape index (κ1) is 11.8. The first-order valence-corrected chi connectivity index (χ1v) is 6.48. The molecule has 0 aliphatic carbocycles. The zero-order valence-corrected chi connectivity index (χ0v) is 10.9. The molecule has 0 amide bonds. The van der Waals surface area contributed by atoms with Gasteiger partial charge < -0.3 is 10.2 Å². The molecule has 0 radical (unpaired) electrons. The monoisotopic (exact) mass is 277 g/mol. The van der Waals surface area contributed by atoms with Crippen molar-refractivity contribution in [1.29, 1.82) is 0 Å². The Morgan fingerprint density at radius 2 is 2.37 bits per heavy atom. The van der Waals surface area contributed by atoms with Crippen LogP contribution in [0.1, 0.15) is 6.92 Å². The maximum Gasteiger partial charge on any atom is 0.343 e. The van der Waals surface area contributed by atoms with E-state index < -0.39 is 0 Å². The summed E-state index contributed by atoms with van der Waals surface area (Å²) in [5.74, 6) is 0. The molecule has 2 heterocycles. The molecule has 3 N–H and O–H groups in total.